The maximum atomic E-state index is 14.2. The standard InChI is InChI=1S/C19H16FN3O2/c1-12(21)18-22-16-10-9-15(20)14(8-5-11-24)17(16)19(25)23(18)13-6-3-2-4-7-13/h2-4,6-7,9-10,12,24H,11,21H2,1H3/t12-/m0/s1. The fraction of sp³-hybridized carbons (Fsp3) is 0.158. The van der Waals surface area contributed by atoms with Gasteiger partial charge in [0, 0.05) is 0 Å². The van der Waals surface area contributed by atoms with Gasteiger partial charge in [-0.2, -0.15) is 0 Å². The van der Waals surface area contributed by atoms with Crippen LogP contribution in [0.4, 0.5) is 4.39 Å². The summed E-state index contributed by atoms with van der Waals surface area (Å²) in [4.78, 5) is 17.6. The van der Waals surface area contributed by atoms with E-state index in [0.717, 1.165) is 0 Å². The SMILES string of the molecule is C[C@H](N)c1nc2ccc(F)c(C#CCO)c2c(=O)n1-c1ccccc1. The second kappa shape index (κ2) is 6.85. The highest BCUT2D eigenvalue weighted by Crippen LogP contribution is 2.20. The van der Waals surface area contributed by atoms with Gasteiger partial charge in [-0.05, 0) is 31.2 Å². The summed E-state index contributed by atoms with van der Waals surface area (Å²) in [6.45, 7) is 1.29. The van der Waals surface area contributed by atoms with Crippen molar-refractivity contribution >= 4 is 10.9 Å². The number of aliphatic hydroxyl groups excluding tert-OH is 1. The summed E-state index contributed by atoms with van der Waals surface area (Å²) in [7, 11) is 0. The van der Waals surface area contributed by atoms with Gasteiger partial charge in [0.25, 0.3) is 5.56 Å². The summed E-state index contributed by atoms with van der Waals surface area (Å²) in [5.41, 5.74) is 6.37. The molecule has 0 unspecified atom stereocenters. The molecule has 2 aromatic carbocycles. The van der Waals surface area contributed by atoms with Gasteiger partial charge in [0.1, 0.15) is 18.2 Å². The van der Waals surface area contributed by atoms with Crippen LogP contribution in [-0.2, 0) is 0 Å². The van der Waals surface area contributed by atoms with Crippen molar-refractivity contribution in [2.45, 2.75) is 13.0 Å². The average Bonchev–Trinajstić information content (AvgIpc) is 2.61. The van der Waals surface area contributed by atoms with Crippen molar-refractivity contribution in [3.8, 4) is 17.5 Å². The maximum absolute atomic E-state index is 14.2. The number of aliphatic hydroxyl groups is 1. The number of para-hydroxylation sites is 1. The number of hydrogen-bond donors (Lipinski definition) is 2. The predicted octanol–water partition coefficient (Wildman–Crippen LogP) is 1.89. The Morgan fingerprint density at radius 1 is 1.28 bits per heavy atom. The first kappa shape index (κ1) is 16.8. The van der Waals surface area contributed by atoms with Crippen molar-refractivity contribution < 1.29 is 9.50 Å². The Morgan fingerprint density at radius 3 is 2.64 bits per heavy atom. The topological polar surface area (TPSA) is 81.1 Å². The van der Waals surface area contributed by atoms with Crippen LogP contribution in [0.2, 0.25) is 0 Å². The lowest BCUT2D eigenvalue weighted by Gasteiger charge is -2.16. The van der Waals surface area contributed by atoms with E-state index in [9.17, 15) is 9.18 Å². The van der Waals surface area contributed by atoms with Crippen LogP contribution in [0.15, 0.2) is 47.3 Å². The van der Waals surface area contributed by atoms with Crippen LogP contribution in [0.1, 0.15) is 24.4 Å². The highest BCUT2D eigenvalue weighted by Gasteiger charge is 2.19. The van der Waals surface area contributed by atoms with Crippen LogP contribution in [-0.4, -0.2) is 21.3 Å². The van der Waals surface area contributed by atoms with Gasteiger partial charge in [0.2, 0.25) is 0 Å². The van der Waals surface area contributed by atoms with E-state index in [1.54, 1.807) is 31.2 Å². The molecule has 3 rings (SSSR count). The third-order valence-electron chi connectivity index (χ3n) is 3.73. The lowest BCUT2D eigenvalue weighted by molar-refractivity contribution is 0.350. The summed E-state index contributed by atoms with van der Waals surface area (Å²) in [5, 5.41) is 8.96. The number of halogens is 1. The molecule has 0 radical (unpaired) electrons. The Balaban J connectivity index is 2.48. The Hall–Kier alpha value is -3.01. The minimum Gasteiger partial charge on any atom is -0.384 e. The molecule has 25 heavy (non-hydrogen) atoms. The van der Waals surface area contributed by atoms with Crippen LogP contribution in [0.5, 0.6) is 0 Å². The van der Waals surface area contributed by atoms with Crippen molar-refractivity contribution in [2.75, 3.05) is 6.61 Å². The summed E-state index contributed by atoms with van der Waals surface area (Å²) < 4.78 is 15.6. The predicted molar refractivity (Wildman–Crippen MR) is 93.9 cm³/mol. The monoisotopic (exact) mass is 337 g/mol. The molecule has 6 heteroatoms. The Bertz CT molecular complexity index is 1050. The van der Waals surface area contributed by atoms with Crippen molar-refractivity contribution in [1.29, 1.82) is 0 Å². The van der Waals surface area contributed by atoms with E-state index in [2.05, 4.69) is 16.8 Å². The number of nitrogens with two attached hydrogens (primary N) is 1. The number of benzene rings is 2. The molecule has 0 fully saturated rings. The molecule has 0 spiro atoms. The van der Waals surface area contributed by atoms with Crippen LogP contribution in [0, 0.1) is 17.7 Å². The minimum absolute atomic E-state index is 0.0641. The molecule has 5 nitrogen and oxygen atoms in total. The van der Waals surface area contributed by atoms with Gasteiger partial charge in [-0.3, -0.25) is 9.36 Å². The third kappa shape index (κ3) is 3.03. The Morgan fingerprint density at radius 2 is 2.00 bits per heavy atom. The normalized spacial score (nSPS) is 11.8. The Kier molecular flexibility index (Phi) is 4.61. The van der Waals surface area contributed by atoms with E-state index in [-0.39, 0.29) is 10.9 Å². The highest BCUT2D eigenvalue weighted by molar-refractivity contribution is 5.85. The van der Waals surface area contributed by atoms with Crippen LogP contribution < -0.4 is 11.3 Å². The molecule has 1 heterocycles. The summed E-state index contributed by atoms with van der Waals surface area (Å²) in [5.74, 6) is 4.63. The lowest BCUT2D eigenvalue weighted by atomic mass is 10.1. The van der Waals surface area contributed by atoms with E-state index in [4.69, 9.17) is 10.8 Å². The second-order valence-corrected chi connectivity index (χ2v) is 5.51. The third-order valence-corrected chi connectivity index (χ3v) is 3.73. The quantitative estimate of drug-likeness (QED) is 0.700. The van der Waals surface area contributed by atoms with Crippen molar-refractivity contribution in [2.24, 2.45) is 5.73 Å². The zero-order chi connectivity index (χ0) is 18.0. The highest BCUT2D eigenvalue weighted by atomic mass is 19.1. The molecular weight excluding hydrogens is 321 g/mol. The minimum atomic E-state index is -0.638. The summed E-state index contributed by atoms with van der Waals surface area (Å²) >= 11 is 0. The number of fused-ring (bicyclic) bond motifs is 1. The van der Waals surface area contributed by atoms with Gasteiger partial charge < -0.3 is 10.8 Å². The van der Waals surface area contributed by atoms with Gasteiger partial charge >= 0.3 is 0 Å². The molecule has 0 aliphatic rings. The molecule has 0 saturated heterocycles. The Labute approximate surface area is 143 Å². The van der Waals surface area contributed by atoms with Gasteiger partial charge in [-0.25, -0.2) is 9.37 Å². The molecule has 0 bridgehead atoms. The summed E-state index contributed by atoms with van der Waals surface area (Å²) in [6, 6.07) is 11.0. The van der Waals surface area contributed by atoms with Crippen molar-refractivity contribution in [3.05, 3.63) is 70.0 Å². The molecule has 0 saturated carbocycles. The molecule has 1 atom stereocenters. The van der Waals surface area contributed by atoms with E-state index >= 15 is 0 Å². The summed E-state index contributed by atoms with van der Waals surface area (Å²) in [6.07, 6.45) is 0. The molecule has 3 N–H and O–H groups in total. The number of aromatic nitrogens is 2. The second-order valence-electron chi connectivity index (χ2n) is 5.51. The first-order valence-corrected chi connectivity index (χ1v) is 7.70. The first-order chi connectivity index (χ1) is 12.0. The maximum Gasteiger partial charge on any atom is 0.267 e. The largest absolute Gasteiger partial charge is 0.384 e. The molecule has 126 valence electrons. The zero-order valence-corrected chi connectivity index (χ0v) is 13.5. The zero-order valence-electron chi connectivity index (χ0n) is 13.5. The average molecular weight is 337 g/mol. The molecule has 1 aromatic heterocycles. The van der Waals surface area contributed by atoms with Crippen molar-refractivity contribution in [3.63, 3.8) is 0 Å². The van der Waals surface area contributed by atoms with Gasteiger partial charge in [-0.1, -0.05) is 30.0 Å². The number of nitrogens with zero attached hydrogens (tertiary/aromatic N) is 2. The van der Waals surface area contributed by atoms with Gasteiger partial charge in [0.05, 0.1) is 28.2 Å². The lowest BCUT2D eigenvalue weighted by Crippen LogP contribution is -2.28. The number of rotatable bonds is 2. The fourth-order valence-corrected chi connectivity index (χ4v) is 2.65. The molecule has 0 aliphatic carbocycles. The van der Waals surface area contributed by atoms with Crippen molar-refractivity contribution in [1.82, 2.24) is 9.55 Å². The van der Waals surface area contributed by atoms with E-state index < -0.39 is 24.0 Å². The molecule has 3 aromatic rings. The van der Waals surface area contributed by atoms with Crippen LogP contribution >= 0.6 is 0 Å². The van der Waals surface area contributed by atoms with E-state index in [1.165, 1.54) is 16.7 Å². The van der Waals surface area contributed by atoms with Crippen LogP contribution in [0.3, 0.4) is 0 Å². The van der Waals surface area contributed by atoms with Gasteiger partial charge in [-0.15, -0.1) is 0 Å². The smallest absolute Gasteiger partial charge is 0.267 e. The first-order valence-electron chi connectivity index (χ1n) is 7.70. The fourth-order valence-electron chi connectivity index (χ4n) is 2.65. The van der Waals surface area contributed by atoms with E-state index in [1.807, 2.05) is 6.07 Å². The molecule has 0 aliphatic heterocycles. The number of hydrogen-bond acceptors (Lipinski definition) is 4. The van der Waals surface area contributed by atoms with E-state index in [0.29, 0.717) is 17.0 Å². The molecule has 0 amide bonds. The van der Waals surface area contributed by atoms with Crippen LogP contribution in [0.25, 0.3) is 16.6 Å². The van der Waals surface area contributed by atoms with Gasteiger partial charge in [0.15, 0.2) is 0 Å². The molecular formula is C19H16FN3O2.